The molecule has 2 heterocycles. The van der Waals surface area contributed by atoms with Gasteiger partial charge >= 0.3 is 0 Å². The van der Waals surface area contributed by atoms with Gasteiger partial charge in [0.15, 0.2) is 0 Å². The lowest BCUT2D eigenvalue weighted by molar-refractivity contribution is -0.119. The summed E-state index contributed by atoms with van der Waals surface area (Å²) in [5.74, 6) is 0. The Morgan fingerprint density at radius 1 is 1.00 bits per heavy atom. The van der Waals surface area contributed by atoms with Crippen molar-refractivity contribution in [3.05, 3.63) is 0 Å². The van der Waals surface area contributed by atoms with Crippen LogP contribution in [0.3, 0.4) is 0 Å². The van der Waals surface area contributed by atoms with Crippen molar-refractivity contribution in [2.24, 2.45) is 0 Å². The van der Waals surface area contributed by atoms with Crippen LogP contribution in [-0.4, -0.2) is 35.7 Å². The first kappa shape index (κ1) is 11.4. The highest BCUT2D eigenvalue weighted by molar-refractivity contribution is 4.92. The standard InChI is InChI=1S/C13H25NO/c1-12(2,3)14-9-7-13(8-10-14)6-4-5-11-15-13/h4-11H2,1-3H3. The van der Waals surface area contributed by atoms with Crippen LogP contribution < -0.4 is 0 Å². The molecule has 2 heteroatoms. The third-order valence-corrected chi connectivity index (χ3v) is 4.06. The molecule has 0 aromatic heterocycles. The second-order valence-corrected chi connectivity index (χ2v) is 6.15. The topological polar surface area (TPSA) is 12.5 Å². The summed E-state index contributed by atoms with van der Waals surface area (Å²) >= 11 is 0. The number of rotatable bonds is 0. The van der Waals surface area contributed by atoms with Crippen LogP contribution in [0.1, 0.15) is 52.9 Å². The molecule has 2 aliphatic heterocycles. The van der Waals surface area contributed by atoms with Crippen molar-refractivity contribution in [3.8, 4) is 0 Å². The predicted molar refractivity (Wildman–Crippen MR) is 63.1 cm³/mol. The summed E-state index contributed by atoms with van der Waals surface area (Å²) in [6, 6.07) is 0. The average molecular weight is 211 g/mol. The lowest BCUT2D eigenvalue weighted by Crippen LogP contribution is -2.53. The summed E-state index contributed by atoms with van der Waals surface area (Å²) in [5, 5.41) is 0. The van der Waals surface area contributed by atoms with Gasteiger partial charge in [-0.05, 0) is 52.9 Å². The largest absolute Gasteiger partial charge is 0.375 e. The van der Waals surface area contributed by atoms with Gasteiger partial charge in [-0.3, -0.25) is 4.90 Å². The highest BCUT2D eigenvalue weighted by atomic mass is 16.5. The molecular weight excluding hydrogens is 186 g/mol. The maximum atomic E-state index is 6.04. The highest BCUT2D eigenvalue weighted by Crippen LogP contribution is 2.36. The van der Waals surface area contributed by atoms with Crippen LogP contribution in [0.25, 0.3) is 0 Å². The molecule has 15 heavy (non-hydrogen) atoms. The van der Waals surface area contributed by atoms with Gasteiger partial charge in [-0.25, -0.2) is 0 Å². The van der Waals surface area contributed by atoms with E-state index in [1.807, 2.05) is 0 Å². The second kappa shape index (κ2) is 4.06. The predicted octanol–water partition coefficient (Wildman–Crippen LogP) is 2.82. The number of likely N-dealkylation sites (tertiary alicyclic amines) is 1. The number of piperidine rings is 1. The van der Waals surface area contributed by atoms with E-state index in [2.05, 4.69) is 25.7 Å². The van der Waals surface area contributed by atoms with Crippen LogP contribution in [0.15, 0.2) is 0 Å². The Morgan fingerprint density at radius 3 is 2.13 bits per heavy atom. The first-order valence-electron chi connectivity index (χ1n) is 6.41. The normalized spacial score (nSPS) is 28.2. The quantitative estimate of drug-likeness (QED) is 0.611. The van der Waals surface area contributed by atoms with Crippen LogP contribution in [0.2, 0.25) is 0 Å². The Hall–Kier alpha value is -0.0800. The van der Waals surface area contributed by atoms with Crippen molar-refractivity contribution < 1.29 is 4.74 Å². The van der Waals surface area contributed by atoms with Crippen molar-refractivity contribution in [2.45, 2.75) is 64.0 Å². The molecule has 2 saturated heterocycles. The van der Waals surface area contributed by atoms with Gasteiger partial charge in [0.05, 0.1) is 5.60 Å². The molecule has 88 valence electrons. The zero-order valence-corrected chi connectivity index (χ0v) is 10.5. The molecule has 0 saturated carbocycles. The van der Waals surface area contributed by atoms with Crippen LogP contribution in [0.4, 0.5) is 0 Å². The van der Waals surface area contributed by atoms with Crippen molar-refractivity contribution in [1.82, 2.24) is 4.90 Å². The van der Waals surface area contributed by atoms with Gasteiger partial charge in [-0.1, -0.05) is 0 Å². The minimum Gasteiger partial charge on any atom is -0.375 e. The minimum atomic E-state index is 0.264. The molecule has 0 aromatic carbocycles. The molecule has 2 fully saturated rings. The number of nitrogens with zero attached hydrogens (tertiary/aromatic N) is 1. The van der Waals surface area contributed by atoms with Crippen LogP contribution in [-0.2, 0) is 4.74 Å². The Bertz CT molecular complexity index is 203. The fourth-order valence-electron chi connectivity index (χ4n) is 2.89. The van der Waals surface area contributed by atoms with Gasteiger partial charge in [0.1, 0.15) is 0 Å². The van der Waals surface area contributed by atoms with E-state index in [1.165, 1.54) is 45.2 Å². The van der Waals surface area contributed by atoms with Gasteiger partial charge < -0.3 is 4.74 Å². The Kier molecular flexibility index (Phi) is 3.09. The zero-order chi connectivity index (χ0) is 10.9. The Balaban J connectivity index is 1.91. The van der Waals surface area contributed by atoms with Crippen LogP contribution in [0, 0.1) is 0 Å². The second-order valence-electron chi connectivity index (χ2n) is 6.15. The molecule has 0 bridgehead atoms. The first-order valence-corrected chi connectivity index (χ1v) is 6.41. The molecule has 0 radical (unpaired) electrons. The van der Waals surface area contributed by atoms with E-state index in [9.17, 15) is 0 Å². The maximum absolute atomic E-state index is 6.04. The van der Waals surface area contributed by atoms with Gasteiger partial charge in [0, 0.05) is 25.2 Å². The van der Waals surface area contributed by atoms with E-state index < -0.39 is 0 Å². The van der Waals surface area contributed by atoms with Crippen molar-refractivity contribution in [3.63, 3.8) is 0 Å². The Labute approximate surface area is 94.0 Å². The van der Waals surface area contributed by atoms with Gasteiger partial charge in [-0.15, -0.1) is 0 Å². The van der Waals surface area contributed by atoms with Gasteiger partial charge in [-0.2, -0.15) is 0 Å². The molecular formula is C13H25NO. The number of ether oxygens (including phenoxy) is 1. The third-order valence-electron chi connectivity index (χ3n) is 4.06. The summed E-state index contributed by atoms with van der Waals surface area (Å²) < 4.78 is 6.04. The molecule has 2 nitrogen and oxygen atoms in total. The molecule has 2 rings (SSSR count). The fourth-order valence-corrected chi connectivity index (χ4v) is 2.89. The molecule has 0 aliphatic carbocycles. The maximum Gasteiger partial charge on any atom is 0.0706 e. The summed E-state index contributed by atoms with van der Waals surface area (Å²) in [6.45, 7) is 10.4. The minimum absolute atomic E-state index is 0.264. The molecule has 0 aromatic rings. The van der Waals surface area contributed by atoms with Crippen molar-refractivity contribution in [2.75, 3.05) is 19.7 Å². The number of hydrogen-bond donors (Lipinski definition) is 0. The summed E-state index contributed by atoms with van der Waals surface area (Å²) in [7, 11) is 0. The van der Waals surface area contributed by atoms with Crippen molar-refractivity contribution >= 4 is 0 Å². The highest BCUT2D eigenvalue weighted by Gasteiger charge is 2.38. The molecule has 1 spiro atoms. The van der Waals surface area contributed by atoms with E-state index in [0.29, 0.717) is 5.54 Å². The molecule has 2 aliphatic rings. The fraction of sp³-hybridized carbons (Fsp3) is 1.00. The van der Waals surface area contributed by atoms with Gasteiger partial charge in [0.2, 0.25) is 0 Å². The summed E-state index contributed by atoms with van der Waals surface area (Å²) in [5.41, 5.74) is 0.594. The lowest BCUT2D eigenvalue weighted by atomic mass is 9.83. The SMILES string of the molecule is CC(C)(C)N1CCC2(CCCCO2)CC1. The van der Waals surface area contributed by atoms with E-state index >= 15 is 0 Å². The lowest BCUT2D eigenvalue weighted by Gasteiger charge is -2.47. The molecule has 0 amide bonds. The zero-order valence-electron chi connectivity index (χ0n) is 10.5. The third kappa shape index (κ3) is 2.54. The van der Waals surface area contributed by atoms with E-state index in [1.54, 1.807) is 0 Å². The summed E-state index contributed by atoms with van der Waals surface area (Å²) in [6.07, 6.45) is 6.42. The summed E-state index contributed by atoms with van der Waals surface area (Å²) in [4.78, 5) is 2.59. The molecule has 0 N–H and O–H groups in total. The smallest absolute Gasteiger partial charge is 0.0706 e. The van der Waals surface area contributed by atoms with E-state index in [4.69, 9.17) is 4.74 Å². The van der Waals surface area contributed by atoms with Crippen molar-refractivity contribution in [1.29, 1.82) is 0 Å². The average Bonchev–Trinajstić information content (AvgIpc) is 2.18. The van der Waals surface area contributed by atoms with Crippen LogP contribution >= 0.6 is 0 Å². The number of hydrogen-bond acceptors (Lipinski definition) is 2. The van der Waals surface area contributed by atoms with E-state index in [-0.39, 0.29) is 5.60 Å². The van der Waals surface area contributed by atoms with E-state index in [0.717, 1.165) is 6.61 Å². The van der Waals surface area contributed by atoms with Crippen LogP contribution in [0.5, 0.6) is 0 Å². The van der Waals surface area contributed by atoms with Gasteiger partial charge in [0.25, 0.3) is 0 Å². The molecule has 0 atom stereocenters. The monoisotopic (exact) mass is 211 g/mol. The first-order chi connectivity index (χ1) is 7.02. The Morgan fingerprint density at radius 2 is 1.67 bits per heavy atom. The molecule has 0 unspecified atom stereocenters.